The average Bonchev–Trinajstić information content (AvgIpc) is 2.18. The molecule has 5 nitrogen and oxygen atoms in total. The fourth-order valence-corrected chi connectivity index (χ4v) is 2.09. The molecule has 0 atom stereocenters. The number of hydrogen-bond donors (Lipinski definition) is 1. The van der Waals surface area contributed by atoms with E-state index < -0.39 is 20.6 Å². The number of carboxylic acids is 1. The van der Waals surface area contributed by atoms with Crippen molar-refractivity contribution in [2.75, 3.05) is 0 Å². The van der Waals surface area contributed by atoms with E-state index >= 15 is 0 Å². The van der Waals surface area contributed by atoms with Gasteiger partial charge >= 0.3 is 5.97 Å². The summed E-state index contributed by atoms with van der Waals surface area (Å²) in [6, 6.07) is 4.34. The van der Waals surface area contributed by atoms with Crippen LogP contribution in [0.3, 0.4) is 0 Å². The minimum absolute atomic E-state index is 0.225. The van der Waals surface area contributed by atoms with Crippen LogP contribution in [-0.4, -0.2) is 29.2 Å². The lowest BCUT2D eigenvalue weighted by molar-refractivity contribution is -0.139. The first-order valence-corrected chi connectivity index (χ1v) is 5.67. The van der Waals surface area contributed by atoms with Gasteiger partial charge in [-0.05, 0) is 26.0 Å². The van der Waals surface area contributed by atoms with Crippen LogP contribution in [0.15, 0.2) is 29.4 Å². The molecule has 15 heavy (non-hydrogen) atoms. The Morgan fingerprint density at radius 2 is 2.00 bits per heavy atom. The Morgan fingerprint density at radius 3 is 2.40 bits per heavy atom. The van der Waals surface area contributed by atoms with Crippen molar-refractivity contribution < 1.29 is 18.3 Å². The minimum atomic E-state index is -3.95. The first-order valence-electron chi connectivity index (χ1n) is 4.19. The standard InChI is InChI=1S/C9H11NO4S/c1-9(2,8(11)12)15(13,14)7-5-3-4-6-10-7/h3-6H,1-2H3,(H,11,12). The maximum absolute atomic E-state index is 11.9. The lowest BCUT2D eigenvalue weighted by atomic mass is 10.2. The van der Waals surface area contributed by atoms with Gasteiger partial charge in [0.15, 0.2) is 9.77 Å². The maximum atomic E-state index is 11.9. The molecule has 0 unspecified atom stereocenters. The quantitative estimate of drug-likeness (QED) is 0.825. The van der Waals surface area contributed by atoms with Crippen LogP contribution < -0.4 is 0 Å². The van der Waals surface area contributed by atoms with Crippen LogP contribution in [0.4, 0.5) is 0 Å². The number of rotatable bonds is 3. The second-order valence-electron chi connectivity index (χ2n) is 3.49. The van der Waals surface area contributed by atoms with Crippen LogP contribution in [0.25, 0.3) is 0 Å². The predicted octanol–water partition coefficient (Wildman–Crippen LogP) is 0.719. The Balaban J connectivity index is 3.33. The third-order valence-electron chi connectivity index (χ3n) is 2.10. The summed E-state index contributed by atoms with van der Waals surface area (Å²) in [4.78, 5) is 14.5. The van der Waals surface area contributed by atoms with Crippen molar-refractivity contribution in [3.63, 3.8) is 0 Å². The lowest BCUT2D eigenvalue weighted by Gasteiger charge is -2.18. The van der Waals surface area contributed by atoms with Crippen LogP contribution >= 0.6 is 0 Å². The molecule has 82 valence electrons. The molecular formula is C9H11NO4S. The van der Waals surface area contributed by atoms with Crippen LogP contribution in [0.2, 0.25) is 0 Å². The molecule has 0 radical (unpaired) electrons. The van der Waals surface area contributed by atoms with Crippen LogP contribution in [0.1, 0.15) is 13.8 Å². The second-order valence-corrected chi connectivity index (χ2v) is 5.93. The monoisotopic (exact) mass is 229 g/mol. The van der Waals surface area contributed by atoms with E-state index in [1.54, 1.807) is 6.07 Å². The number of hydrogen-bond acceptors (Lipinski definition) is 4. The van der Waals surface area contributed by atoms with Crippen molar-refractivity contribution in [2.45, 2.75) is 23.6 Å². The zero-order chi connectivity index (χ0) is 11.7. The number of nitrogens with zero attached hydrogens (tertiary/aromatic N) is 1. The Morgan fingerprint density at radius 1 is 1.40 bits per heavy atom. The molecule has 1 heterocycles. The van der Waals surface area contributed by atoms with E-state index in [2.05, 4.69) is 4.98 Å². The summed E-state index contributed by atoms with van der Waals surface area (Å²) in [5, 5.41) is 8.61. The van der Waals surface area contributed by atoms with Gasteiger partial charge in [0.1, 0.15) is 0 Å². The van der Waals surface area contributed by atoms with Gasteiger partial charge in [-0.25, -0.2) is 13.4 Å². The van der Waals surface area contributed by atoms with Gasteiger partial charge in [-0.2, -0.15) is 0 Å². The molecule has 0 spiro atoms. The first kappa shape index (κ1) is 11.6. The molecular weight excluding hydrogens is 218 g/mol. The molecule has 0 aliphatic heterocycles. The molecule has 1 aromatic rings. The fourth-order valence-electron chi connectivity index (χ4n) is 0.882. The Kier molecular flexibility index (Phi) is 2.81. The first-order chi connectivity index (χ1) is 6.80. The lowest BCUT2D eigenvalue weighted by Crippen LogP contribution is -2.40. The Bertz CT molecular complexity index is 464. The molecule has 0 aliphatic carbocycles. The van der Waals surface area contributed by atoms with Gasteiger partial charge in [0.05, 0.1) is 0 Å². The summed E-state index contributed by atoms with van der Waals surface area (Å²) in [6.07, 6.45) is 1.31. The molecule has 1 rings (SSSR count). The van der Waals surface area contributed by atoms with E-state index in [9.17, 15) is 13.2 Å². The van der Waals surface area contributed by atoms with Gasteiger partial charge in [0, 0.05) is 6.20 Å². The highest BCUT2D eigenvalue weighted by atomic mass is 32.2. The van der Waals surface area contributed by atoms with Gasteiger partial charge in [-0.1, -0.05) is 6.07 Å². The molecule has 0 amide bonds. The van der Waals surface area contributed by atoms with E-state index in [1.807, 2.05) is 0 Å². The minimum Gasteiger partial charge on any atom is -0.480 e. The van der Waals surface area contributed by atoms with Crippen molar-refractivity contribution in [1.82, 2.24) is 4.98 Å². The van der Waals surface area contributed by atoms with E-state index in [1.165, 1.54) is 18.3 Å². The Labute approximate surface area is 87.7 Å². The number of pyridine rings is 1. The predicted molar refractivity (Wildman–Crippen MR) is 53.1 cm³/mol. The topological polar surface area (TPSA) is 84.3 Å². The molecule has 0 saturated carbocycles. The Hall–Kier alpha value is -1.43. The van der Waals surface area contributed by atoms with Gasteiger partial charge in [0.2, 0.25) is 9.84 Å². The number of sulfone groups is 1. The highest BCUT2D eigenvalue weighted by molar-refractivity contribution is 7.93. The SMILES string of the molecule is CC(C)(C(=O)O)S(=O)(=O)c1ccccn1. The van der Waals surface area contributed by atoms with E-state index in [0.29, 0.717) is 0 Å². The molecule has 0 fully saturated rings. The van der Waals surface area contributed by atoms with Crippen LogP contribution in [0.5, 0.6) is 0 Å². The third-order valence-corrected chi connectivity index (χ3v) is 4.41. The average molecular weight is 229 g/mol. The summed E-state index contributed by atoms with van der Waals surface area (Å²) in [5.74, 6) is -1.40. The van der Waals surface area contributed by atoms with E-state index in [4.69, 9.17) is 5.11 Å². The van der Waals surface area contributed by atoms with Crippen molar-refractivity contribution in [3.8, 4) is 0 Å². The number of aliphatic carboxylic acids is 1. The molecule has 0 bridgehead atoms. The molecule has 0 saturated heterocycles. The normalized spacial score (nSPS) is 12.4. The van der Waals surface area contributed by atoms with Crippen molar-refractivity contribution in [2.24, 2.45) is 0 Å². The van der Waals surface area contributed by atoms with Crippen LogP contribution in [-0.2, 0) is 14.6 Å². The summed E-state index contributed by atoms with van der Waals surface area (Å²) >= 11 is 0. The highest BCUT2D eigenvalue weighted by Gasteiger charge is 2.43. The van der Waals surface area contributed by atoms with E-state index in [-0.39, 0.29) is 5.03 Å². The zero-order valence-corrected chi connectivity index (χ0v) is 9.15. The summed E-state index contributed by atoms with van der Waals surface area (Å²) in [7, 11) is -3.95. The smallest absolute Gasteiger partial charge is 0.324 e. The summed E-state index contributed by atoms with van der Waals surface area (Å²) < 4.78 is 21.8. The second kappa shape index (κ2) is 3.62. The van der Waals surface area contributed by atoms with E-state index in [0.717, 1.165) is 13.8 Å². The van der Waals surface area contributed by atoms with Crippen molar-refractivity contribution in [3.05, 3.63) is 24.4 Å². The molecule has 0 aromatic carbocycles. The zero-order valence-electron chi connectivity index (χ0n) is 8.34. The van der Waals surface area contributed by atoms with Gasteiger partial charge < -0.3 is 5.11 Å². The van der Waals surface area contributed by atoms with Crippen molar-refractivity contribution >= 4 is 15.8 Å². The molecule has 1 N–H and O–H groups in total. The van der Waals surface area contributed by atoms with Crippen molar-refractivity contribution in [1.29, 1.82) is 0 Å². The molecule has 1 aromatic heterocycles. The number of carbonyl (C=O) groups is 1. The summed E-state index contributed by atoms with van der Waals surface area (Å²) in [6.45, 7) is 2.28. The van der Waals surface area contributed by atoms with Crippen LogP contribution in [0, 0.1) is 0 Å². The van der Waals surface area contributed by atoms with Gasteiger partial charge in [-0.15, -0.1) is 0 Å². The largest absolute Gasteiger partial charge is 0.480 e. The van der Waals surface area contributed by atoms with Gasteiger partial charge in [0.25, 0.3) is 0 Å². The number of carboxylic acid groups (broad SMARTS) is 1. The highest BCUT2D eigenvalue weighted by Crippen LogP contribution is 2.23. The third kappa shape index (κ3) is 1.85. The summed E-state index contributed by atoms with van der Waals surface area (Å²) in [5.41, 5.74) is 0. The molecule has 6 heteroatoms. The van der Waals surface area contributed by atoms with Gasteiger partial charge in [-0.3, -0.25) is 4.79 Å². The fraction of sp³-hybridized carbons (Fsp3) is 0.333. The number of aromatic nitrogens is 1. The molecule has 0 aliphatic rings. The maximum Gasteiger partial charge on any atom is 0.324 e.